The highest BCUT2D eigenvalue weighted by Crippen LogP contribution is 2.33. The predicted octanol–water partition coefficient (Wildman–Crippen LogP) is 3.22. The van der Waals surface area contributed by atoms with E-state index in [9.17, 15) is 4.79 Å². The normalized spacial score (nSPS) is 19.0. The van der Waals surface area contributed by atoms with Gasteiger partial charge in [-0.3, -0.25) is 14.7 Å². The van der Waals surface area contributed by atoms with Crippen LogP contribution in [-0.2, 0) is 11.3 Å². The van der Waals surface area contributed by atoms with Gasteiger partial charge in [-0.25, -0.2) is 4.98 Å². The summed E-state index contributed by atoms with van der Waals surface area (Å²) < 4.78 is 0. The Bertz CT molecular complexity index is 628. The zero-order valence-electron chi connectivity index (χ0n) is 12.7. The summed E-state index contributed by atoms with van der Waals surface area (Å²) in [5.41, 5.74) is 2.15. The van der Waals surface area contributed by atoms with Crippen LogP contribution in [0.5, 0.6) is 0 Å². The number of anilines is 1. The molecule has 1 amide bonds. The number of rotatable bonds is 4. The highest BCUT2D eigenvalue weighted by Gasteiger charge is 2.26. The zero-order valence-corrected chi connectivity index (χ0v) is 13.5. The van der Waals surface area contributed by atoms with E-state index < -0.39 is 0 Å². The number of amides is 1. The van der Waals surface area contributed by atoms with Crippen LogP contribution < -0.4 is 5.32 Å². The molecule has 1 aliphatic heterocycles. The van der Waals surface area contributed by atoms with E-state index in [0.717, 1.165) is 30.9 Å². The van der Waals surface area contributed by atoms with Crippen molar-refractivity contribution >= 4 is 22.4 Å². The van der Waals surface area contributed by atoms with Gasteiger partial charge in [0.1, 0.15) is 0 Å². The maximum absolute atomic E-state index is 11.1. The van der Waals surface area contributed by atoms with Gasteiger partial charge in [-0.2, -0.15) is 0 Å². The maximum Gasteiger partial charge on any atom is 0.223 e. The SMILES string of the molecule is CC(=O)Nc1nc([C@@H]2CCCCN2Cc2ccccn2)cs1. The van der Waals surface area contributed by atoms with Gasteiger partial charge in [-0.05, 0) is 31.5 Å². The lowest BCUT2D eigenvalue weighted by Crippen LogP contribution is -2.33. The predicted molar refractivity (Wildman–Crippen MR) is 87.7 cm³/mol. The molecule has 116 valence electrons. The quantitative estimate of drug-likeness (QED) is 0.941. The minimum absolute atomic E-state index is 0.0742. The van der Waals surface area contributed by atoms with Gasteiger partial charge in [0.15, 0.2) is 5.13 Å². The molecular formula is C16H20N4OS. The molecule has 2 aromatic heterocycles. The van der Waals surface area contributed by atoms with E-state index in [1.807, 2.05) is 18.3 Å². The third-order valence-corrected chi connectivity index (χ3v) is 4.63. The maximum atomic E-state index is 11.1. The molecule has 3 heterocycles. The number of likely N-dealkylation sites (tertiary alicyclic amines) is 1. The molecule has 0 saturated carbocycles. The first-order chi connectivity index (χ1) is 10.7. The van der Waals surface area contributed by atoms with Crippen molar-refractivity contribution in [3.63, 3.8) is 0 Å². The zero-order chi connectivity index (χ0) is 15.4. The van der Waals surface area contributed by atoms with Crippen molar-refractivity contribution in [2.75, 3.05) is 11.9 Å². The number of piperidine rings is 1. The summed E-state index contributed by atoms with van der Waals surface area (Å²) >= 11 is 1.49. The Balaban J connectivity index is 1.74. The number of hydrogen-bond donors (Lipinski definition) is 1. The van der Waals surface area contributed by atoms with E-state index in [0.29, 0.717) is 11.2 Å². The minimum Gasteiger partial charge on any atom is -0.302 e. The van der Waals surface area contributed by atoms with Gasteiger partial charge in [0.05, 0.1) is 17.4 Å². The second-order valence-electron chi connectivity index (χ2n) is 5.56. The molecule has 1 fully saturated rings. The van der Waals surface area contributed by atoms with Crippen LogP contribution in [0.15, 0.2) is 29.8 Å². The minimum atomic E-state index is -0.0742. The first-order valence-electron chi connectivity index (χ1n) is 7.59. The summed E-state index contributed by atoms with van der Waals surface area (Å²) in [5.74, 6) is -0.0742. The van der Waals surface area contributed by atoms with Gasteiger partial charge in [0.2, 0.25) is 5.91 Å². The average Bonchev–Trinajstić information content (AvgIpc) is 2.96. The Morgan fingerprint density at radius 2 is 2.36 bits per heavy atom. The molecule has 2 aromatic rings. The van der Waals surface area contributed by atoms with Gasteiger partial charge in [-0.15, -0.1) is 11.3 Å². The summed E-state index contributed by atoms with van der Waals surface area (Å²) in [6, 6.07) is 6.35. The molecule has 1 saturated heterocycles. The second-order valence-corrected chi connectivity index (χ2v) is 6.42. The van der Waals surface area contributed by atoms with Gasteiger partial charge in [0, 0.05) is 25.0 Å². The third-order valence-electron chi connectivity index (χ3n) is 3.85. The lowest BCUT2D eigenvalue weighted by molar-refractivity contribution is -0.114. The molecule has 1 N–H and O–H groups in total. The molecule has 22 heavy (non-hydrogen) atoms. The summed E-state index contributed by atoms with van der Waals surface area (Å²) in [7, 11) is 0. The van der Waals surface area contributed by atoms with Crippen LogP contribution in [0, 0.1) is 0 Å². The molecule has 0 aliphatic carbocycles. The molecule has 5 nitrogen and oxygen atoms in total. The van der Waals surface area contributed by atoms with Gasteiger partial charge < -0.3 is 5.32 Å². The van der Waals surface area contributed by atoms with E-state index >= 15 is 0 Å². The van der Waals surface area contributed by atoms with Crippen molar-refractivity contribution in [1.82, 2.24) is 14.9 Å². The number of nitrogens with one attached hydrogen (secondary N) is 1. The van der Waals surface area contributed by atoms with Crippen molar-refractivity contribution in [3.05, 3.63) is 41.2 Å². The van der Waals surface area contributed by atoms with Crippen LogP contribution in [-0.4, -0.2) is 27.3 Å². The molecule has 0 bridgehead atoms. The lowest BCUT2D eigenvalue weighted by atomic mass is 9.99. The van der Waals surface area contributed by atoms with Crippen molar-refractivity contribution in [3.8, 4) is 0 Å². The number of hydrogen-bond acceptors (Lipinski definition) is 5. The molecule has 6 heteroatoms. The van der Waals surface area contributed by atoms with Gasteiger partial charge >= 0.3 is 0 Å². The topological polar surface area (TPSA) is 58.1 Å². The van der Waals surface area contributed by atoms with Crippen LogP contribution in [0.3, 0.4) is 0 Å². The highest BCUT2D eigenvalue weighted by atomic mass is 32.1. The Kier molecular flexibility index (Phi) is 4.80. The monoisotopic (exact) mass is 316 g/mol. The van der Waals surface area contributed by atoms with Gasteiger partial charge in [0.25, 0.3) is 0 Å². The third kappa shape index (κ3) is 3.69. The van der Waals surface area contributed by atoms with Crippen LogP contribution in [0.4, 0.5) is 5.13 Å². The molecule has 3 rings (SSSR count). The average molecular weight is 316 g/mol. The van der Waals surface area contributed by atoms with E-state index in [4.69, 9.17) is 0 Å². The number of nitrogens with zero attached hydrogens (tertiary/aromatic N) is 3. The Labute approximate surface area is 134 Å². The number of thiazole rings is 1. The molecule has 0 unspecified atom stereocenters. The van der Waals surface area contributed by atoms with Crippen molar-refractivity contribution in [2.45, 2.75) is 38.8 Å². The van der Waals surface area contributed by atoms with Crippen LogP contribution in [0.1, 0.15) is 43.6 Å². The fraction of sp³-hybridized carbons (Fsp3) is 0.438. The smallest absolute Gasteiger partial charge is 0.223 e. The number of pyridine rings is 1. The summed E-state index contributed by atoms with van der Waals surface area (Å²) in [6.45, 7) is 3.42. The largest absolute Gasteiger partial charge is 0.302 e. The Morgan fingerprint density at radius 3 is 3.14 bits per heavy atom. The van der Waals surface area contributed by atoms with Gasteiger partial charge in [-0.1, -0.05) is 12.5 Å². The molecule has 0 aromatic carbocycles. The van der Waals surface area contributed by atoms with Crippen molar-refractivity contribution < 1.29 is 4.79 Å². The molecule has 0 radical (unpaired) electrons. The van der Waals surface area contributed by atoms with E-state index in [1.165, 1.54) is 31.1 Å². The number of aromatic nitrogens is 2. The number of carbonyl (C=O) groups is 1. The first-order valence-corrected chi connectivity index (χ1v) is 8.47. The van der Waals surface area contributed by atoms with Crippen LogP contribution >= 0.6 is 11.3 Å². The molecule has 0 spiro atoms. The first kappa shape index (κ1) is 15.1. The summed E-state index contributed by atoms with van der Waals surface area (Å²) in [5, 5.41) is 5.51. The summed E-state index contributed by atoms with van der Waals surface area (Å²) in [4.78, 5) is 22.6. The van der Waals surface area contributed by atoms with E-state index in [-0.39, 0.29) is 5.91 Å². The molecular weight excluding hydrogens is 296 g/mol. The fourth-order valence-corrected chi connectivity index (χ4v) is 3.67. The van der Waals surface area contributed by atoms with Crippen molar-refractivity contribution in [1.29, 1.82) is 0 Å². The Morgan fingerprint density at radius 1 is 1.45 bits per heavy atom. The lowest BCUT2D eigenvalue weighted by Gasteiger charge is -2.34. The van der Waals surface area contributed by atoms with Crippen LogP contribution in [0.25, 0.3) is 0 Å². The van der Waals surface area contributed by atoms with E-state index in [2.05, 4.69) is 31.6 Å². The molecule has 1 atom stereocenters. The highest BCUT2D eigenvalue weighted by molar-refractivity contribution is 7.13. The van der Waals surface area contributed by atoms with E-state index in [1.54, 1.807) is 0 Å². The standard InChI is InChI=1S/C16H20N4OS/c1-12(21)18-16-19-14(11-22-16)15-7-3-5-9-20(15)10-13-6-2-4-8-17-13/h2,4,6,8,11,15H,3,5,7,9-10H2,1H3,(H,18,19,21)/t15-/m0/s1. The Hall–Kier alpha value is -1.79. The molecule has 1 aliphatic rings. The fourth-order valence-electron chi connectivity index (χ4n) is 2.86. The van der Waals surface area contributed by atoms with Crippen LogP contribution in [0.2, 0.25) is 0 Å². The number of carbonyl (C=O) groups excluding carboxylic acids is 1. The second kappa shape index (κ2) is 6.98. The summed E-state index contributed by atoms with van der Waals surface area (Å²) in [6.07, 6.45) is 5.38. The van der Waals surface area contributed by atoms with Crippen molar-refractivity contribution in [2.24, 2.45) is 0 Å².